The zero-order valence-corrected chi connectivity index (χ0v) is 11.5. The number of nitrogens with one attached hydrogen (secondary N) is 2. The summed E-state index contributed by atoms with van der Waals surface area (Å²) in [6, 6.07) is 9.55. The van der Waals surface area contributed by atoms with E-state index in [0.717, 1.165) is 29.8 Å². The van der Waals surface area contributed by atoms with Crippen LogP contribution in [0.5, 0.6) is 0 Å². The normalized spacial score (nSPS) is 21.9. The van der Waals surface area contributed by atoms with Gasteiger partial charge in [0.15, 0.2) is 0 Å². The van der Waals surface area contributed by atoms with Crippen LogP contribution in [-0.2, 0) is 0 Å². The third-order valence-electron chi connectivity index (χ3n) is 4.69. The average Bonchev–Trinajstić information content (AvgIpc) is 3.12. The van der Waals surface area contributed by atoms with Crippen molar-refractivity contribution in [2.45, 2.75) is 31.1 Å². The van der Waals surface area contributed by atoms with Gasteiger partial charge in [-0.2, -0.15) is 5.26 Å². The second-order valence-electron chi connectivity index (χ2n) is 5.88. The Kier molecular flexibility index (Phi) is 2.61. The fourth-order valence-electron chi connectivity index (χ4n) is 3.84. The lowest BCUT2D eigenvalue weighted by atomic mass is 9.92. The van der Waals surface area contributed by atoms with Crippen molar-refractivity contribution < 1.29 is 0 Å². The highest BCUT2D eigenvalue weighted by atomic mass is 16.1. The van der Waals surface area contributed by atoms with E-state index >= 15 is 0 Å². The number of hydrogen-bond acceptors (Lipinski definition) is 3. The van der Waals surface area contributed by atoms with Crippen LogP contribution in [0.1, 0.15) is 47.8 Å². The molecule has 2 atom stereocenters. The lowest BCUT2D eigenvalue weighted by Gasteiger charge is -2.19. The fourth-order valence-corrected chi connectivity index (χ4v) is 3.84. The molecule has 2 N–H and O–H groups in total. The summed E-state index contributed by atoms with van der Waals surface area (Å²) >= 11 is 0. The van der Waals surface area contributed by atoms with Gasteiger partial charge in [0.2, 0.25) is 0 Å². The number of rotatable bonds is 2. The molecule has 104 valence electrons. The minimum Gasteiger partial charge on any atom is -0.354 e. The van der Waals surface area contributed by atoms with Crippen LogP contribution in [0.25, 0.3) is 0 Å². The Bertz CT molecular complexity index is 816. The molecule has 1 saturated carbocycles. The smallest absolute Gasteiger partial charge is 0.251 e. The quantitative estimate of drug-likeness (QED) is 0.884. The molecule has 21 heavy (non-hydrogen) atoms. The Morgan fingerprint density at radius 1 is 1.24 bits per heavy atom. The van der Waals surface area contributed by atoms with Crippen molar-refractivity contribution >= 4 is 11.4 Å². The van der Waals surface area contributed by atoms with E-state index in [-0.39, 0.29) is 5.56 Å². The summed E-state index contributed by atoms with van der Waals surface area (Å²) in [7, 11) is 0. The molecular formula is C17H15N3O. The summed E-state index contributed by atoms with van der Waals surface area (Å²) in [6.45, 7) is 0. The van der Waals surface area contributed by atoms with E-state index in [9.17, 15) is 4.79 Å². The first kappa shape index (κ1) is 12.2. The number of hydrogen-bond donors (Lipinski definition) is 2. The van der Waals surface area contributed by atoms with Crippen molar-refractivity contribution in [3.8, 4) is 6.07 Å². The monoisotopic (exact) mass is 277 g/mol. The predicted molar refractivity (Wildman–Crippen MR) is 80.8 cm³/mol. The molecule has 2 aliphatic rings. The minimum atomic E-state index is 0.0634. The molecule has 4 rings (SSSR count). The summed E-state index contributed by atoms with van der Waals surface area (Å²) in [5.74, 6) is 0.940. The van der Waals surface area contributed by atoms with E-state index in [1.54, 1.807) is 12.3 Å². The Labute approximate surface area is 122 Å². The number of pyridine rings is 1. The van der Waals surface area contributed by atoms with E-state index in [1.807, 2.05) is 18.2 Å². The van der Waals surface area contributed by atoms with E-state index in [1.165, 1.54) is 12.0 Å². The van der Waals surface area contributed by atoms with Gasteiger partial charge in [-0.1, -0.05) is 6.07 Å². The average molecular weight is 277 g/mol. The molecule has 4 heteroatoms. The number of aromatic amines is 1. The van der Waals surface area contributed by atoms with Crippen molar-refractivity contribution in [1.82, 2.24) is 4.98 Å². The molecule has 1 heterocycles. The first-order valence-electron chi connectivity index (χ1n) is 7.29. The molecule has 0 amide bonds. The number of aromatic nitrogens is 1. The van der Waals surface area contributed by atoms with Crippen molar-refractivity contribution in [2.24, 2.45) is 0 Å². The van der Waals surface area contributed by atoms with Crippen LogP contribution in [0.4, 0.5) is 11.4 Å². The van der Waals surface area contributed by atoms with Crippen LogP contribution >= 0.6 is 0 Å². The first-order valence-corrected chi connectivity index (χ1v) is 7.29. The van der Waals surface area contributed by atoms with Gasteiger partial charge in [-0.15, -0.1) is 0 Å². The molecule has 1 fully saturated rings. The molecule has 0 saturated heterocycles. The van der Waals surface area contributed by atoms with Gasteiger partial charge in [0, 0.05) is 17.4 Å². The Morgan fingerprint density at radius 2 is 2.05 bits per heavy atom. The molecule has 0 aliphatic heterocycles. The topological polar surface area (TPSA) is 68.7 Å². The summed E-state index contributed by atoms with van der Waals surface area (Å²) in [5.41, 5.74) is 4.72. The highest BCUT2D eigenvalue weighted by Crippen LogP contribution is 2.53. The largest absolute Gasteiger partial charge is 0.354 e. The highest BCUT2D eigenvalue weighted by molar-refractivity contribution is 5.67. The van der Waals surface area contributed by atoms with Gasteiger partial charge in [-0.05, 0) is 54.9 Å². The maximum Gasteiger partial charge on any atom is 0.251 e. The Balaban J connectivity index is 1.77. The third-order valence-corrected chi connectivity index (χ3v) is 4.69. The zero-order valence-electron chi connectivity index (χ0n) is 11.5. The number of anilines is 2. The Hall–Kier alpha value is -2.54. The molecule has 0 radical (unpaired) electrons. The van der Waals surface area contributed by atoms with E-state index in [2.05, 4.69) is 16.4 Å². The Morgan fingerprint density at radius 3 is 2.86 bits per heavy atom. The van der Waals surface area contributed by atoms with Crippen LogP contribution in [0.3, 0.4) is 0 Å². The molecule has 2 aliphatic carbocycles. The maximum absolute atomic E-state index is 12.1. The van der Waals surface area contributed by atoms with Gasteiger partial charge in [-0.25, -0.2) is 0 Å². The molecule has 4 nitrogen and oxygen atoms in total. The van der Waals surface area contributed by atoms with Gasteiger partial charge in [0.1, 0.15) is 0 Å². The van der Waals surface area contributed by atoms with Gasteiger partial charge in [0.05, 0.1) is 17.3 Å². The van der Waals surface area contributed by atoms with Crippen molar-refractivity contribution in [2.75, 3.05) is 5.32 Å². The van der Waals surface area contributed by atoms with Crippen LogP contribution < -0.4 is 10.9 Å². The fraction of sp³-hybridized carbons (Fsp3) is 0.294. The van der Waals surface area contributed by atoms with Crippen LogP contribution in [0.2, 0.25) is 0 Å². The molecule has 2 bridgehead atoms. The summed E-state index contributed by atoms with van der Waals surface area (Å²) < 4.78 is 0. The molecule has 2 unspecified atom stereocenters. The van der Waals surface area contributed by atoms with E-state index < -0.39 is 0 Å². The second-order valence-corrected chi connectivity index (χ2v) is 5.88. The van der Waals surface area contributed by atoms with Crippen LogP contribution in [0, 0.1) is 11.3 Å². The van der Waals surface area contributed by atoms with Crippen LogP contribution in [-0.4, -0.2) is 4.98 Å². The predicted octanol–water partition coefficient (Wildman–Crippen LogP) is 3.35. The zero-order chi connectivity index (χ0) is 14.4. The number of nitrogens with zero attached hydrogens (tertiary/aromatic N) is 1. The van der Waals surface area contributed by atoms with Crippen LogP contribution in [0.15, 0.2) is 35.3 Å². The summed E-state index contributed by atoms with van der Waals surface area (Å²) in [6.07, 6.45) is 5.18. The van der Waals surface area contributed by atoms with Crippen molar-refractivity contribution in [1.29, 1.82) is 5.26 Å². The number of benzene rings is 1. The molecule has 2 aromatic rings. The minimum absolute atomic E-state index is 0.0634. The maximum atomic E-state index is 12.1. The third kappa shape index (κ3) is 1.85. The van der Waals surface area contributed by atoms with Gasteiger partial charge >= 0.3 is 0 Å². The summed E-state index contributed by atoms with van der Waals surface area (Å²) in [5, 5.41) is 12.3. The lowest BCUT2D eigenvalue weighted by molar-refractivity contribution is 0.709. The van der Waals surface area contributed by atoms with Gasteiger partial charge in [0.25, 0.3) is 5.56 Å². The van der Waals surface area contributed by atoms with E-state index in [0.29, 0.717) is 17.4 Å². The SMILES string of the molecule is N#Cc1cccc(Nc2c[nH]c(=O)c3c2C2CCC3C2)c1. The summed E-state index contributed by atoms with van der Waals surface area (Å²) in [4.78, 5) is 14.9. The van der Waals surface area contributed by atoms with Gasteiger partial charge in [-0.3, -0.25) is 4.79 Å². The van der Waals surface area contributed by atoms with Crippen molar-refractivity contribution in [3.63, 3.8) is 0 Å². The van der Waals surface area contributed by atoms with Gasteiger partial charge < -0.3 is 10.3 Å². The van der Waals surface area contributed by atoms with Crippen molar-refractivity contribution in [3.05, 3.63) is 57.5 Å². The van der Waals surface area contributed by atoms with E-state index in [4.69, 9.17) is 5.26 Å². The molecule has 0 spiro atoms. The molecule has 1 aromatic carbocycles. The molecule has 1 aromatic heterocycles. The highest BCUT2D eigenvalue weighted by Gasteiger charge is 2.40. The standard InChI is InChI=1S/C17H15N3O/c18-8-10-2-1-3-13(6-10)20-14-9-19-17(21)16-12-5-4-11(7-12)15(14)16/h1-3,6,9,11-12,20H,4-5,7H2,(H,19,21). The number of fused-ring (bicyclic) bond motifs is 5. The number of nitriles is 1. The number of H-pyrrole nitrogens is 1. The second kappa shape index (κ2) is 4.49. The lowest BCUT2D eigenvalue weighted by Crippen LogP contribution is -2.17. The molecular weight excluding hydrogens is 262 g/mol. The first-order chi connectivity index (χ1) is 10.3.